The molecule has 1 aliphatic heterocycles. The van der Waals surface area contributed by atoms with Crippen LogP contribution in [0.5, 0.6) is 11.5 Å². The zero-order chi connectivity index (χ0) is 19.5. The van der Waals surface area contributed by atoms with Crippen molar-refractivity contribution in [3.05, 3.63) is 89.5 Å². The Bertz CT molecular complexity index is 988. The first-order chi connectivity index (χ1) is 13.7. The van der Waals surface area contributed by atoms with Gasteiger partial charge in [0, 0.05) is 23.9 Å². The molecule has 1 heterocycles. The van der Waals surface area contributed by atoms with Crippen molar-refractivity contribution in [2.75, 3.05) is 19.5 Å². The third-order valence-electron chi connectivity index (χ3n) is 4.95. The summed E-state index contributed by atoms with van der Waals surface area (Å²) in [5, 5.41) is 3.51. The molecule has 1 N–H and O–H groups in total. The average molecular weight is 374 g/mol. The molecule has 1 amide bonds. The van der Waals surface area contributed by atoms with E-state index in [1.165, 1.54) is 0 Å². The molecule has 0 bridgehead atoms. The molecule has 0 radical (unpaired) electrons. The van der Waals surface area contributed by atoms with Crippen molar-refractivity contribution >= 4 is 11.6 Å². The lowest BCUT2D eigenvalue weighted by Gasteiger charge is -2.38. The van der Waals surface area contributed by atoms with Crippen molar-refractivity contribution in [2.45, 2.75) is 12.7 Å². The van der Waals surface area contributed by atoms with Crippen molar-refractivity contribution in [1.29, 1.82) is 0 Å². The first kappa shape index (κ1) is 17.9. The zero-order valence-electron chi connectivity index (χ0n) is 15.9. The van der Waals surface area contributed by atoms with Gasteiger partial charge in [0.2, 0.25) is 0 Å². The van der Waals surface area contributed by atoms with Gasteiger partial charge in [-0.3, -0.25) is 4.79 Å². The lowest BCUT2D eigenvalue weighted by atomic mass is 10.0. The van der Waals surface area contributed by atoms with E-state index in [1.54, 1.807) is 14.2 Å². The molecule has 0 fully saturated rings. The summed E-state index contributed by atoms with van der Waals surface area (Å²) in [5.74, 6) is 1.36. The summed E-state index contributed by atoms with van der Waals surface area (Å²) >= 11 is 0. The highest BCUT2D eigenvalue weighted by Gasteiger charge is 2.34. The highest BCUT2D eigenvalue weighted by Crippen LogP contribution is 2.38. The van der Waals surface area contributed by atoms with E-state index in [0.717, 1.165) is 16.8 Å². The fourth-order valence-corrected chi connectivity index (χ4v) is 3.53. The number of carbonyl (C=O) groups excluding carboxylic acids is 1. The number of methoxy groups -OCH3 is 2. The van der Waals surface area contributed by atoms with Gasteiger partial charge < -0.3 is 19.7 Å². The number of para-hydroxylation sites is 1. The van der Waals surface area contributed by atoms with E-state index in [-0.39, 0.29) is 12.1 Å². The predicted octanol–water partition coefficient (Wildman–Crippen LogP) is 4.47. The van der Waals surface area contributed by atoms with Crippen LogP contribution in [-0.2, 0) is 6.54 Å². The van der Waals surface area contributed by atoms with Gasteiger partial charge in [-0.2, -0.15) is 0 Å². The van der Waals surface area contributed by atoms with Crippen LogP contribution in [0.1, 0.15) is 27.7 Å². The number of fused-ring (bicyclic) bond motifs is 1. The molecular weight excluding hydrogens is 352 g/mol. The van der Waals surface area contributed by atoms with Gasteiger partial charge in [0.05, 0.1) is 19.8 Å². The van der Waals surface area contributed by atoms with Gasteiger partial charge in [-0.05, 0) is 29.8 Å². The maximum absolute atomic E-state index is 13.3. The topological polar surface area (TPSA) is 50.8 Å². The summed E-state index contributed by atoms with van der Waals surface area (Å²) in [7, 11) is 3.24. The monoisotopic (exact) mass is 374 g/mol. The number of benzene rings is 3. The number of amides is 1. The minimum absolute atomic E-state index is 0.0129. The van der Waals surface area contributed by atoms with Crippen LogP contribution in [0.2, 0.25) is 0 Å². The van der Waals surface area contributed by atoms with E-state index in [1.807, 2.05) is 77.7 Å². The second-order valence-electron chi connectivity index (χ2n) is 6.62. The molecule has 28 heavy (non-hydrogen) atoms. The van der Waals surface area contributed by atoms with Crippen molar-refractivity contribution in [3.63, 3.8) is 0 Å². The Kier molecular flexibility index (Phi) is 4.89. The van der Waals surface area contributed by atoms with E-state index in [4.69, 9.17) is 9.47 Å². The minimum atomic E-state index is -0.358. The summed E-state index contributed by atoms with van der Waals surface area (Å²) in [4.78, 5) is 15.2. The molecule has 3 aromatic carbocycles. The largest absolute Gasteiger partial charge is 0.497 e. The van der Waals surface area contributed by atoms with Gasteiger partial charge in [0.25, 0.3) is 5.91 Å². The van der Waals surface area contributed by atoms with E-state index in [9.17, 15) is 4.79 Å². The Morgan fingerprint density at radius 2 is 1.68 bits per heavy atom. The third kappa shape index (κ3) is 3.27. The SMILES string of the molecule is COc1ccc(C2Nc3ccccc3C(=O)N2Cc2ccccc2)c(OC)c1. The maximum atomic E-state index is 13.3. The average Bonchev–Trinajstić information content (AvgIpc) is 2.76. The fourth-order valence-electron chi connectivity index (χ4n) is 3.53. The molecule has 4 rings (SSSR count). The Hall–Kier alpha value is -3.47. The van der Waals surface area contributed by atoms with Crippen LogP contribution in [0.4, 0.5) is 5.69 Å². The molecule has 0 saturated carbocycles. The van der Waals surface area contributed by atoms with E-state index in [2.05, 4.69) is 5.32 Å². The molecule has 1 atom stereocenters. The van der Waals surface area contributed by atoms with Gasteiger partial charge in [-0.25, -0.2) is 0 Å². The van der Waals surface area contributed by atoms with Crippen LogP contribution in [-0.4, -0.2) is 25.0 Å². The van der Waals surface area contributed by atoms with Gasteiger partial charge in [-0.1, -0.05) is 42.5 Å². The van der Waals surface area contributed by atoms with Crippen LogP contribution >= 0.6 is 0 Å². The third-order valence-corrected chi connectivity index (χ3v) is 4.95. The number of hydrogen-bond donors (Lipinski definition) is 1. The van der Waals surface area contributed by atoms with Crippen LogP contribution < -0.4 is 14.8 Å². The summed E-state index contributed by atoms with van der Waals surface area (Å²) < 4.78 is 10.9. The standard InChI is InChI=1S/C23H22N2O3/c1-27-17-12-13-19(21(14-17)28-2)22-24-20-11-7-6-10-18(20)23(26)25(22)15-16-8-4-3-5-9-16/h3-14,22,24H,15H2,1-2H3. The number of anilines is 1. The summed E-state index contributed by atoms with van der Waals surface area (Å²) in [6.07, 6.45) is -0.358. The second kappa shape index (κ2) is 7.64. The van der Waals surface area contributed by atoms with Crippen LogP contribution in [0.15, 0.2) is 72.8 Å². The lowest BCUT2D eigenvalue weighted by Crippen LogP contribution is -2.42. The second-order valence-corrected chi connectivity index (χ2v) is 6.62. The number of hydrogen-bond acceptors (Lipinski definition) is 4. The Morgan fingerprint density at radius 1 is 0.929 bits per heavy atom. The van der Waals surface area contributed by atoms with Crippen LogP contribution in [0, 0.1) is 0 Å². The van der Waals surface area contributed by atoms with E-state index < -0.39 is 0 Å². The number of rotatable bonds is 5. The molecule has 1 unspecified atom stereocenters. The zero-order valence-corrected chi connectivity index (χ0v) is 15.9. The normalized spacial score (nSPS) is 15.6. The molecular formula is C23H22N2O3. The molecule has 3 aromatic rings. The number of nitrogens with zero attached hydrogens (tertiary/aromatic N) is 1. The van der Waals surface area contributed by atoms with Crippen molar-refractivity contribution in [3.8, 4) is 11.5 Å². The lowest BCUT2D eigenvalue weighted by molar-refractivity contribution is 0.0664. The summed E-state index contributed by atoms with van der Waals surface area (Å²) in [6, 6.07) is 23.2. The first-order valence-electron chi connectivity index (χ1n) is 9.13. The molecule has 0 aliphatic carbocycles. The molecule has 1 aliphatic rings. The highest BCUT2D eigenvalue weighted by molar-refractivity contribution is 6.01. The van der Waals surface area contributed by atoms with Crippen molar-refractivity contribution in [2.24, 2.45) is 0 Å². The maximum Gasteiger partial charge on any atom is 0.258 e. The van der Waals surface area contributed by atoms with E-state index >= 15 is 0 Å². The Balaban J connectivity index is 1.79. The summed E-state index contributed by atoms with van der Waals surface area (Å²) in [6.45, 7) is 0.487. The van der Waals surface area contributed by atoms with Gasteiger partial charge in [-0.15, -0.1) is 0 Å². The van der Waals surface area contributed by atoms with E-state index in [0.29, 0.717) is 23.6 Å². The quantitative estimate of drug-likeness (QED) is 0.716. The fraction of sp³-hybridized carbons (Fsp3) is 0.174. The van der Waals surface area contributed by atoms with Crippen molar-refractivity contribution in [1.82, 2.24) is 4.90 Å². The van der Waals surface area contributed by atoms with Crippen molar-refractivity contribution < 1.29 is 14.3 Å². The number of carbonyl (C=O) groups is 1. The smallest absolute Gasteiger partial charge is 0.258 e. The van der Waals surface area contributed by atoms with Gasteiger partial charge in [0.15, 0.2) is 0 Å². The van der Waals surface area contributed by atoms with Crippen LogP contribution in [0.25, 0.3) is 0 Å². The molecule has 0 saturated heterocycles. The molecule has 5 heteroatoms. The Labute approximate surface area is 164 Å². The molecule has 5 nitrogen and oxygen atoms in total. The van der Waals surface area contributed by atoms with Crippen LogP contribution in [0.3, 0.4) is 0 Å². The van der Waals surface area contributed by atoms with Gasteiger partial charge >= 0.3 is 0 Å². The minimum Gasteiger partial charge on any atom is -0.497 e. The summed E-state index contributed by atoms with van der Waals surface area (Å²) in [5.41, 5.74) is 3.43. The molecule has 142 valence electrons. The molecule has 0 spiro atoms. The highest BCUT2D eigenvalue weighted by atomic mass is 16.5. The van der Waals surface area contributed by atoms with Gasteiger partial charge in [0.1, 0.15) is 17.7 Å². The Morgan fingerprint density at radius 3 is 2.43 bits per heavy atom. The molecule has 0 aromatic heterocycles. The number of ether oxygens (including phenoxy) is 2. The number of nitrogens with one attached hydrogen (secondary N) is 1. The predicted molar refractivity (Wildman–Crippen MR) is 109 cm³/mol. The first-order valence-corrected chi connectivity index (χ1v) is 9.13.